The Bertz CT molecular complexity index is 521. The molecule has 1 N–H and O–H groups in total. The summed E-state index contributed by atoms with van der Waals surface area (Å²) < 4.78 is 16.1. The van der Waals surface area contributed by atoms with Crippen molar-refractivity contribution < 1.29 is 14.2 Å². The van der Waals surface area contributed by atoms with Crippen molar-refractivity contribution in [1.29, 1.82) is 0 Å². The lowest BCUT2D eigenvalue weighted by molar-refractivity contribution is 0.323. The highest BCUT2D eigenvalue weighted by molar-refractivity contribution is 8.14. The second kappa shape index (κ2) is 7.26. The molecule has 0 aliphatic carbocycles. The van der Waals surface area contributed by atoms with E-state index < -0.39 is 0 Å². The molecular weight excluding hydrogens is 288 g/mol. The molecule has 1 aliphatic heterocycles. The van der Waals surface area contributed by atoms with Crippen molar-refractivity contribution >= 4 is 16.9 Å². The van der Waals surface area contributed by atoms with Gasteiger partial charge in [-0.3, -0.25) is 4.99 Å². The zero-order valence-electron chi connectivity index (χ0n) is 12.5. The predicted octanol–water partition coefficient (Wildman–Crippen LogP) is 2.63. The monoisotopic (exact) mass is 308 g/mol. The zero-order valence-corrected chi connectivity index (χ0v) is 13.3. The van der Waals surface area contributed by atoms with E-state index in [4.69, 9.17) is 14.2 Å². The van der Waals surface area contributed by atoms with Crippen LogP contribution in [0.1, 0.15) is 11.6 Å². The molecule has 1 saturated heterocycles. The molecule has 0 aromatic heterocycles. The number of hydrogen-bond donors (Lipinski definition) is 1. The largest absolute Gasteiger partial charge is 0.493 e. The normalized spacial score (nSPS) is 19.2. The molecule has 2 rings (SSSR count). The maximum absolute atomic E-state index is 5.39. The first-order valence-electron chi connectivity index (χ1n) is 6.58. The molecule has 1 aliphatic rings. The molecular formula is C15H20N2O3S. The standard InChI is InChI=1S/C15H20N2O3S/c1-5-6-16-15-17-11(9-21-15)10-7-12(18-2)14(20-4)13(8-10)19-3/h5,7-8,11H,1,6,9H2,2-4H3,(H,16,17)/t11-/m0/s1. The highest BCUT2D eigenvalue weighted by atomic mass is 32.2. The highest BCUT2D eigenvalue weighted by Gasteiger charge is 2.24. The Morgan fingerprint density at radius 2 is 1.95 bits per heavy atom. The van der Waals surface area contributed by atoms with Gasteiger partial charge in [0.15, 0.2) is 16.7 Å². The summed E-state index contributed by atoms with van der Waals surface area (Å²) in [5.74, 6) is 2.84. The average molecular weight is 308 g/mol. The molecule has 0 radical (unpaired) electrons. The fraction of sp³-hybridized carbons (Fsp3) is 0.400. The molecule has 1 fully saturated rings. The number of amidine groups is 1. The van der Waals surface area contributed by atoms with Gasteiger partial charge in [0.1, 0.15) is 0 Å². The Morgan fingerprint density at radius 3 is 2.48 bits per heavy atom. The van der Waals surface area contributed by atoms with Gasteiger partial charge in [-0.2, -0.15) is 0 Å². The van der Waals surface area contributed by atoms with Crippen LogP contribution in [0.25, 0.3) is 0 Å². The van der Waals surface area contributed by atoms with Crippen LogP contribution < -0.4 is 19.5 Å². The van der Waals surface area contributed by atoms with E-state index >= 15 is 0 Å². The third kappa shape index (κ3) is 3.44. The predicted molar refractivity (Wildman–Crippen MR) is 86.9 cm³/mol. The Balaban J connectivity index is 2.26. The van der Waals surface area contributed by atoms with Crippen LogP contribution in [-0.2, 0) is 0 Å². The molecule has 21 heavy (non-hydrogen) atoms. The van der Waals surface area contributed by atoms with Crippen LogP contribution in [0, 0.1) is 0 Å². The SMILES string of the molecule is C=CCN=C1N[C@H](c2cc(OC)c(OC)c(OC)c2)CS1. The lowest BCUT2D eigenvalue weighted by Gasteiger charge is -2.17. The molecule has 1 atom stereocenters. The first-order valence-corrected chi connectivity index (χ1v) is 7.56. The minimum absolute atomic E-state index is 0.173. The van der Waals surface area contributed by atoms with Gasteiger partial charge in [-0.15, -0.1) is 6.58 Å². The van der Waals surface area contributed by atoms with E-state index in [0.717, 1.165) is 16.5 Å². The molecule has 114 valence electrons. The fourth-order valence-electron chi connectivity index (χ4n) is 2.12. The second-order valence-corrected chi connectivity index (χ2v) is 5.41. The summed E-state index contributed by atoms with van der Waals surface area (Å²) in [6.07, 6.45) is 1.78. The van der Waals surface area contributed by atoms with Crippen LogP contribution in [0.3, 0.4) is 0 Å². The Hall–Kier alpha value is -1.82. The molecule has 1 heterocycles. The van der Waals surface area contributed by atoms with E-state index in [2.05, 4.69) is 16.9 Å². The van der Waals surface area contributed by atoms with Gasteiger partial charge >= 0.3 is 0 Å². The van der Waals surface area contributed by atoms with Crippen LogP contribution in [0.4, 0.5) is 0 Å². The van der Waals surface area contributed by atoms with E-state index in [9.17, 15) is 0 Å². The molecule has 0 saturated carbocycles. The molecule has 0 bridgehead atoms. The minimum Gasteiger partial charge on any atom is -0.493 e. The van der Waals surface area contributed by atoms with E-state index in [-0.39, 0.29) is 6.04 Å². The van der Waals surface area contributed by atoms with Gasteiger partial charge in [0.05, 0.1) is 33.9 Å². The van der Waals surface area contributed by atoms with Gasteiger partial charge in [0.2, 0.25) is 5.75 Å². The van der Waals surface area contributed by atoms with Crippen molar-refractivity contribution in [2.75, 3.05) is 33.6 Å². The van der Waals surface area contributed by atoms with Crippen LogP contribution in [0.2, 0.25) is 0 Å². The van der Waals surface area contributed by atoms with Crippen molar-refractivity contribution in [2.45, 2.75) is 6.04 Å². The minimum atomic E-state index is 0.173. The summed E-state index contributed by atoms with van der Waals surface area (Å²) in [6.45, 7) is 4.29. The zero-order chi connectivity index (χ0) is 15.2. The summed E-state index contributed by atoms with van der Waals surface area (Å²) >= 11 is 1.70. The smallest absolute Gasteiger partial charge is 0.203 e. The number of benzene rings is 1. The number of methoxy groups -OCH3 is 3. The maximum atomic E-state index is 5.39. The third-order valence-corrected chi connectivity index (χ3v) is 4.16. The average Bonchev–Trinajstić information content (AvgIpc) is 3.00. The molecule has 0 unspecified atom stereocenters. The van der Waals surface area contributed by atoms with Gasteiger partial charge in [0.25, 0.3) is 0 Å². The number of ether oxygens (including phenoxy) is 3. The van der Waals surface area contributed by atoms with Gasteiger partial charge in [-0.1, -0.05) is 17.8 Å². The number of nitrogens with zero attached hydrogens (tertiary/aromatic N) is 1. The first-order chi connectivity index (χ1) is 10.2. The van der Waals surface area contributed by atoms with Crippen molar-refractivity contribution in [3.63, 3.8) is 0 Å². The summed E-state index contributed by atoms with van der Waals surface area (Å²) in [4.78, 5) is 4.40. The first kappa shape index (κ1) is 15.6. The quantitative estimate of drug-likeness (QED) is 0.819. The van der Waals surface area contributed by atoms with E-state index in [0.29, 0.717) is 23.8 Å². The van der Waals surface area contributed by atoms with Crippen molar-refractivity contribution in [1.82, 2.24) is 5.32 Å². The number of nitrogens with one attached hydrogen (secondary N) is 1. The Morgan fingerprint density at radius 1 is 1.29 bits per heavy atom. The summed E-state index contributed by atoms with van der Waals surface area (Å²) in [5, 5.41) is 4.33. The van der Waals surface area contributed by atoms with Gasteiger partial charge < -0.3 is 19.5 Å². The Kier molecular flexibility index (Phi) is 5.38. The maximum Gasteiger partial charge on any atom is 0.203 e. The summed E-state index contributed by atoms with van der Waals surface area (Å²) in [6, 6.07) is 4.11. The molecule has 5 nitrogen and oxygen atoms in total. The molecule has 6 heteroatoms. The molecule has 1 aromatic rings. The number of rotatable bonds is 6. The van der Waals surface area contributed by atoms with Gasteiger partial charge in [0, 0.05) is 5.75 Å². The molecule has 1 aromatic carbocycles. The number of hydrogen-bond acceptors (Lipinski definition) is 5. The highest BCUT2D eigenvalue weighted by Crippen LogP contribution is 2.41. The van der Waals surface area contributed by atoms with Crippen molar-refractivity contribution in [3.8, 4) is 17.2 Å². The summed E-state index contributed by atoms with van der Waals surface area (Å²) in [7, 11) is 4.84. The number of thioether (sulfide) groups is 1. The van der Waals surface area contributed by atoms with E-state index in [1.165, 1.54) is 0 Å². The van der Waals surface area contributed by atoms with Crippen molar-refractivity contribution in [3.05, 3.63) is 30.4 Å². The Labute approximate surface area is 129 Å². The van der Waals surface area contributed by atoms with Crippen LogP contribution >= 0.6 is 11.8 Å². The van der Waals surface area contributed by atoms with Crippen molar-refractivity contribution in [2.24, 2.45) is 4.99 Å². The van der Waals surface area contributed by atoms with Gasteiger partial charge in [-0.05, 0) is 17.7 Å². The molecule has 0 spiro atoms. The third-order valence-electron chi connectivity index (χ3n) is 3.14. The van der Waals surface area contributed by atoms with E-state index in [1.54, 1.807) is 39.2 Å². The number of aliphatic imine (C=N–C) groups is 1. The second-order valence-electron chi connectivity index (χ2n) is 4.40. The van der Waals surface area contributed by atoms with Gasteiger partial charge in [-0.25, -0.2) is 0 Å². The fourth-order valence-corrected chi connectivity index (χ4v) is 3.11. The lowest BCUT2D eigenvalue weighted by atomic mass is 10.1. The summed E-state index contributed by atoms with van der Waals surface area (Å²) in [5.41, 5.74) is 1.08. The lowest BCUT2D eigenvalue weighted by Crippen LogP contribution is -2.19. The van der Waals surface area contributed by atoms with Crippen LogP contribution in [0.5, 0.6) is 17.2 Å². The van der Waals surface area contributed by atoms with E-state index in [1.807, 2.05) is 12.1 Å². The topological polar surface area (TPSA) is 52.1 Å². The van der Waals surface area contributed by atoms with Crippen LogP contribution in [-0.4, -0.2) is 38.8 Å². The molecule has 0 amide bonds. The van der Waals surface area contributed by atoms with Crippen LogP contribution in [0.15, 0.2) is 29.8 Å².